The van der Waals surface area contributed by atoms with Crippen LogP contribution in [0.3, 0.4) is 0 Å². The van der Waals surface area contributed by atoms with Crippen molar-refractivity contribution in [3.05, 3.63) is 29.3 Å². The topological polar surface area (TPSA) is 29.5 Å². The number of rotatable bonds is 4. The van der Waals surface area contributed by atoms with Gasteiger partial charge in [0.05, 0.1) is 13.7 Å². The Morgan fingerprint density at radius 2 is 2.00 bits per heavy atom. The molecule has 1 unspecified atom stereocenters. The summed E-state index contributed by atoms with van der Waals surface area (Å²) in [5.41, 5.74) is 0.193. The van der Waals surface area contributed by atoms with E-state index in [-0.39, 0.29) is 23.8 Å². The van der Waals surface area contributed by atoms with Crippen LogP contribution in [0.25, 0.3) is 0 Å². The molecule has 1 aromatic rings. The van der Waals surface area contributed by atoms with Crippen LogP contribution in [0, 0.1) is 11.6 Å². The summed E-state index contributed by atoms with van der Waals surface area (Å²) in [5.74, 6) is -1.65. The van der Waals surface area contributed by atoms with Crippen LogP contribution < -0.4 is 4.74 Å². The first-order valence-corrected chi connectivity index (χ1v) is 4.77. The lowest BCUT2D eigenvalue weighted by Crippen LogP contribution is -2.06. The van der Waals surface area contributed by atoms with E-state index in [1.165, 1.54) is 7.11 Å². The highest BCUT2D eigenvalue weighted by Gasteiger charge is 2.16. The molecule has 0 saturated carbocycles. The number of aliphatic hydroxyl groups is 1. The molecule has 0 amide bonds. The van der Waals surface area contributed by atoms with Gasteiger partial charge in [-0.25, -0.2) is 8.78 Å². The predicted molar refractivity (Wildman–Crippen MR) is 53.0 cm³/mol. The van der Waals surface area contributed by atoms with Gasteiger partial charge in [-0.1, -0.05) is 6.92 Å². The summed E-state index contributed by atoms with van der Waals surface area (Å²) in [6, 6.07) is 2.08. The first-order chi connectivity index (χ1) is 7.13. The van der Waals surface area contributed by atoms with Gasteiger partial charge in [-0.3, -0.25) is 0 Å². The third kappa shape index (κ3) is 2.45. The molecule has 1 rings (SSSR count). The van der Waals surface area contributed by atoms with E-state index in [4.69, 9.17) is 5.11 Å². The zero-order valence-electron chi connectivity index (χ0n) is 8.76. The van der Waals surface area contributed by atoms with Crippen LogP contribution in [-0.4, -0.2) is 18.8 Å². The fourth-order valence-corrected chi connectivity index (χ4v) is 1.46. The predicted octanol–water partition coefficient (Wildman–Crippen LogP) is 2.46. The Balaban J connectivity index is 3.14. The van der Waals surface area contributed by atoms with Gasteiger partial charge in [0.2, 0.25) is 0 Å². The average Bonchev–Trinajstić information content (AvgIpc) is 2.24. The Hall–Kier alpha value is -1.16. The minimum absolute atomic E-state index is 0.121. The lowest BCUT2D eigenvalue weighted by Gasteiger charge is -2.14. The summed E-state index contributed by atoms with van der Waals surface area (Å²) in [7, 11) is 1.28. The zero-order chi connectivity index (χ0) is 11.4. The van der Waals surface area contributed by atoms with E-state index in [1.807, 2.05) is 6.92 Å². The molecule has 0 saturated heterocycles. The summed E-state index contributed by atoms with van der Waals surface area (Å²) >= 11 is 0. The van der Waals surface area contributed by atoms with E-state index in [9.17, 15) is 8.78 Å². The summed E-state index contributed by atoms with van der Waals surface area (Å²) in [4.78, 5) is 0. The maximum absolute atomic E-state index is 13.5. The van der Waals surface area contributed by atoms with Crippen LogP contribution in [-0.2, 0) is 0 Å². The largest absolute Gasteiger partial charge is 0.494 e. The maximum atomic E-state index is 13.5. The van der Waals surface area contributed by atoms with Crippen LogP contribution in [0.5, 0.6) is 5.75 Å². The van der Waals surface area contributed by atoms with Crippen molar-refractivity contribution in [2.24, 2.45) is 0 Å². The van der Waals surface area contributed by atoms with Crippen molar-refractivity contribution in [1.29, 1.82) is 0 Å². The van der Waals surface area contributed by atoms with Crippen molar-refractivity contribution < 1.29 is 18.6 Å². The van der Waals surface area contributed by atoms with Crippen molar-refractivity contribution >= 4 is 0 Å². The number of halogens is 2. The van der Waals surface area contributed by atoms with Crippen LogP contribution in [0.2, 0.25) is 0 Å². The molecule has 15 heavy (non-hydrogen) atoms. The fraction of sp³-hybridized carbons (Fsp3) is 0.455. The van der Waals surface area contributed by atoms with Gasteiger partial charge in [0, 0.05) is 12.0 Å². The second-order valence-electron chi connectivity index (χ2n) is 3.30. The van der Waals surface area contributed by atoms with E-state index < -0.39 is 11.6 Å². The summed E-state index contributed by atoms with van der Waals surface area (Å²) in [6.07, 6.45) is 0.555. The van der Waals surface area contributed by atoms with E-state index >= 15 is 0 Å². The highest BCUT2D eigenvalue weighted by atomic mass is 19.1. The number of methoxy groups -OCH3 is 1. The Morgan fingerprint density at radius 3 is 2.47 bits per heavy atom. The fourth-order valence-electron chi connectivity index (χ4n) is 1.46. The van der Waals surface area contributed by atoms with Gasteiger partial charge < -0.3 is 9.84 Å². The van der Waals surface area contributed by atoms with Crippen molar-refractivity contribution in [3.8, 4) is 5.75 Å². The Bertz CT molecular complexity index is 336. The molecule has 4 heteroatoms. The zero-order valence-corrected chi connectivity index (χ0v) is 8.76. The highest BCUT2D eigenvalue weighted by Crippen LogP contribution is 2.27. The lowest BCUT2D eigenvalue weighted by atomic mass is 9.96. The molecular formula is C11H14F2O2. The van der Waals surface area contributed by atoms with E-state index in [2.05, 4.69) is 4.74 Å². The number of aliphatic hydroxyl groups excluding tert-OH is 1. The first kappa shape index (κ1) is 11.9. The van der Waals surface area contributed by atoms with Gasteiger partial charge in [-0.2, -0.15) is 0 Å². The van der Waals surface area contributed by atoms with Crippen LogP contribution in [0.1, 0.15) is 24.8 Å². The molecule has 0 aliphatic carbocycles. The number of ether oxygens (including phenoxy) is 1. The molecule has 0 fully saturated rings. The Morgan fingerprint density at radius 1 is 1.33 bits per heavy atom. The minimum Gasteiger partial charge on any atom is -0.494 e. The molecule has 0 radical (unpaired) electrons. The van der Waals surface area contributed by atoms with Crippen LogP contribution >= 0.6 is 0 Å². The van der Waals surface area contributed by atoms with Crippen molar-refractivity contribution in [2.45, 2.75) is 19.3 Å². The van der Waals surface area contributed by atoms with Gasteiger partial charge in [-0.05, 0) is 18.1 Å². The molecule has 0 aliphatic heterocycles. The molecule has 0 bridgehead atoms. The lowest BCUT2D eigenvalue weighted by molar-refractivity contribution is 0.259. The molecule has 1 aromatic carbocycles. The van der Waals surface area contributed by atoms with Gasteiger partial charge in [-0.15, -0.1) is 0 Å². The summed E-state index contributed by atoms with van der Waals surface area (Å²) in [6.45, 7) is 1.61. The van der Waals surface area contributed by atoms with E-state index in [1.54, 1.807) is 0 Å². The monoisotopic (exact) mass is 216 g/mol. The van der Waals surface area contributed by atoms with Crippen molar-refractivity contribution in [3.63, 3.8) is 0 Å². The second-order valence-corrected chi connectivity index (χ2v) is 3.30. The van der Waals surface area contributed by atoms with E-state index in [0.717, 1.165) is 12.1 Å². The van der Waals surface area contributed by atoms with Crippen LogP contribution in [0.15, 0.2) is 12.1 Å². The molecule has 0 aliphatic rings. The number of benzene rings is 1. The summed E-state index contributed by atoms with van der Waals surface area (Å²) in [5, 5.41) is 9.00. The first-order valence-electron chi connectivity index (χ1n) is 4.77. The van der Waals surface area contributed by atoms with Crippen LogP contribution in [0.4, 0.5) is 8.78 Å². The molecule has 0 spiro atoms. The molecule has 0 aromatic heterocycles. The molecular weight excluding hydrogens is 202 g/mol. The van der Waals surface area contributed by atoms with Crippen molar-refractivity contribution in [2.75, 3.05) is 13.7 Å². The second kappa shape index (κ2) is 5.07. The smallest absolute Gasteiger partial charge is 0.165 e. The van der Waals surface area contributed by atoms with E-state index in [0.29, 0.717) is 6.42 Å². The maximum Gasteiger partial charge on any atom is 0.165 e. The Kier molecular flexibility index (Phi) is 4.03. The average molecular weight is 216 g/mol. The van der Waals surface area contributed by atoms with Gasteiger partial charge in [0.15, 0.2) is 11.6 Å². The number of hydrogen-bond donors (Lipinski definition) is 1. The Labute approximate surface area is 87.5 Å². The summed E-state index contributed by atoms with van der Waals surface area (Å²) < 4.78 is 31.4. The van der Waals surface area contributed by atoms with Crippen molar-refractivity contribution in [1.82, 2.24) is 0 Å². The molecule has 1 atom stereocenters. The van der Waals surface area contributed by atoms with Gasteiger partial charge in [0.25, 0.3) is 0 Å². The molecule has 1 N–H and O–H groups in total. The quantitative estimate of drug-likeness (QED) is 0.837. The third-order valence-corrected chi connectivity index (χ3v) is 2.42. The van der Waals surface area contributed by atoms with Gasteiger partial charge in [0.1, 0.15) is 5.82 Å². The molecule has 0 heterocycles. The molecule has 84 valence electrons. The van der Waals surface area contributed by atoms with Gasteiger partial charge >= 0.3 is 0 Å². The number of hydrogen-bond acceptors (Lipinski definition) is 2. The third-order valence-electron chi connectivity index (χ3n) is 2.42. The highest BCUT2D eigenvalue weighted by molar-refractivity contribution is 5.32. The standard InChI is InChI=1S/C11H14F2O2/c1-3-7(6-14)8-4-10(13)11(15-2)5-9(8)12/h4-5,7,14H,3,6H2,1-2H3. The normalized spacial score (nSPS) is 12.6. The SMILES string of the molecule is CCC(CO)c1cc(F)c(OC)cc1F. The minimum atomic E-state index is -0.610. The molecule has 2 nitrogen and oxygen atoms in total.